The van der Waals surface area contributed by atoms with Gasteiger partial charge < -0.3 is 4.74 Å². The van der Waals surface area contributed by atoms with Crippen molar-refractivity contribution < 1.29 is 9.53 Å². The normalized spacial score (nSPS) is 37.5. The summed E-state index contributed by atoms with van der Waals surface area (Å²) < 4.78 is 5.10. The summed E-state index contributed by atoms with van der Waals surface area (Å²) in [6.07, 6.45) is 6.31. The molecule has 3 aliphatic rings. The number of carbonyl (C=O) groups excluding carboxylic acids is 1. The molecule has 0 N–H and O–H groups in total. The van der Waals surface area contributed by atoms with Crippen LogP contribution in [0.2, 0.25) is 0 Å². The van der Waals surface area contributed by atoms with Crippen molar-refractivity contribution in [3.8, 4) is 0 Å². The minimum atomic E-state index is 0.0666. The lowest BCUT2D eigenvalue weighted by Gasteiger charge is -2.40. The first-order valence-electron chi connectivity index (χ1n) is 5.48. The molecule has 0 aromatic carbocycles. The minimum absolute atomic E-state index is 0.0666. The van der Waals surface area contributed by atoms with Crippen molar-refractivity contribution in [2.24, 2.45) is 17.8 Å². The Balaban J connectivity index is 1.96. The highest BCUT2D eigenvalue weighted by Crippen LogP contribution is 2.45. The van der Waals surface area contributed by atoms with Gasteiger partial charge in [-0.05, 0) is 38.0 Å². The first-order valence-corrected chi connectivity index (χ1v) is 5.48. The predicted molar refractivity (Wildman–Crippen MR) is 50.2 cm³/mol. The van der Waals surface area contributed by atoms with Crippen LogP contribution in [0.15, 0.2) is 0 Å². The monoisotopic (exact) mass is 182 g/mol. The molecule has 2 bridgehead atoms. The van der Waals surface area contributed by atoms with Crippen molar-refractivity contribution in [1.29, 1.82) is 0 Å². The van der Waals surface area contributed by atoms with Crippen LogP contribution in [0.1, 0.15) is 39.0 Å². The van der Waals surface area contributed by atoms with Crippen LogP contribution < -0.4 is 0 Å². The van der Waals surface area contributed by atoms with Gasteiger partial charge in [0.15, 0.2) is 0 Å². The summed E-state index contributed by atoms with van der Waals surface area (Å²) in [5.41, 5.74) is 0. The second-order valence-electron chi connectivity index (χ2n) is 4.38. The van der Waals surface area contributed by atoms with E-state index < -0.39 is 0 Å². The summed E-state index contributed by atoms with van der Waals surface area (Å²) in [7, 11) is 0. The van der Waals surface area contributed by atoms with Crippen molar-refractivity contribution in [1.82, 2.24) is 0 Å². The van der Waals surface area contributed by atoms with Gasteiger partial charge in [-0.2, -0.15) is 0 Å². The fourth-order valence-corrected chi connectivity index (χ4v) is 2.92. The molecule has 2 heteroatoms. The van der Waals surface area contributed by atoms with Crippen molar-refractivity contribution >= 4 is 5.97 Å². The zero-order valence-corrected chi connectivity index (χ0v) is 8.29. The molecule has 0 aromatic rings. The molecule has 3 fully saturated rings. The molecule has 2 nitrogen and oxygen atoms in total. The van der Waals surface area contributed by atoms with Crippen LogP contribution in [0.25, 0.3) is 0 Å². The molecule has 3 aliphatic carbocycles. The molecule has 3 rings (SSSR count). The Bertz CT molecular complexity index is 192. The Morgan fingerprint density at radius 2 is 2.00 bits per heavy atom. The molecule has 0 amide bonds. The van der Waals surface area contributed by atoms with E-state index in [4.69, 9.17) is 4.74 Å². The molecule has 13 heavy (non-hydrogen) atoms. The third-order valence-electron chi connectivity index (χ3n) is 3.64. The number of hydrogen-bond donors (Lipinski definition) is 0. The Kier molecular flexibility index (Phi) is 2.56. The van der Waals surface area contributed by atoms with Gasteiger partial charge in [0.25, 0.3) is 0 Å². The summed E-state index contributed by atoms with van der Waals surface area (Å²) in [5, 5.41) is 0. The SMILES string of the molecule is CCOC(=O)[C@@H]1C[C@H]2CC[C@@H]1CC2. The fourth-order valence-electron chi connectivity index (χ4n) is 2.92. The largest absolute Gasteiger partial charge is 0.466 e. The highest BCUT2D eigenvalue weighted by Gasteiger charge is 2.39. The maximum atomic E-state index is 11.6. The first kappa shape index (κ1) is 9.04. The average molecular weight is 182 g/mol. The molecular weight excluding hydrogens is 164 g/mol. The first-order chi connectivity index (χ1) is 6.31. The van der Waals surface area contributed by atoms with Crippen LogP contribution in [0.4, 0.5) is 0 Å². The van der Waals surface area contributed by atoms with E-state index in [1.54, 1.807) is 0 Å². The van der Waals surface area contributed by atoms with E-state index in [1.165, 1.54) is 25.7 Å². The molecule has 0 aromatic heterocycles. The number of esters is 1. The van der Waals surface area contributed by atoms with Gasteiger partial charge >= 0.3 is 5.97 Å². The topological polar surface area (TPSA) is 26.3 Å². The Morgan fingerprint density at radius 3 is 2.46 bits per heavy atom. The quantitative estimate of drug-likeness (QED) is 0.613. The second-order valence-corrected chi connectivity index (χ2v) is 4.38. The van der Waals surface area contributed by atoms with Gasteiger partial charge in [-0.3, -0.25) is 4.79 Å². The molecule has 0 aliphatic heterocycles. The molecule has 3 saturated carbocycles. The lowest BCUT2D eigenvalue weighted by Crippen LogP contribution is -2.36. The number of hydrogen-bond acceptors (Lipinski definition) is 2. The zero-order chi connectivity index (χ0) is 9.26. The van der Waals surface area contributed by atoms with E-state index in [-0.39, 0.29) is 11.9 Å². The average Bonchev–Trinajstić information content (AvgIpc) is 2.20. The zero-order valence-electron chi connectivity index (χ0n) is 8.29. The number of fused-ring (bicyclic) bond motifs is 3. The van der Waals surface area contributed by atoms with E-state index in [1.807, 2.05) is 6.92 Å². The molecule has 1 atom stereocenters. The lowest BCUT2D eigenvalue weighted by atomic mass is 9.65. The van der Waals surface area contributed by atoms with Gasteiger partial charge in [0, 0.05) is 0 Å². The smallest absolute Gasteiger partial charge is 0.309 e. The fraction of sp³-hybridized carbons (Fsp3) is 0.909. The lowest BCUT2D eigenvalue weighted by molar-refractivity contribution is -0.153. The molecule has 0 spiro atoms. The Morgan fingerprint density at radius 1 is 1.31 bits per heavy atom. The Labute approximate surface area is 79.7 Å². The van der Waals surface area contributed by atoms with Crippen molar-refractivity contribution in [2.75, 3.05) is 6.61 Å². The van der Waals surface area contributed by atoms with Gasteiger partial charge in [0.1, 0.15) is 0 Å². The van der Waals surface area contributed by atoms with Crippen LogP contribution in [0.5, 0.6) is 0 Å². The van der Waals surface area contributed by atoms with Crippen LogP contribution in [-0.2, 0) is 9.53 Å². The van der Waals surface area contributed by atoms with E-state index >= 15 is 0 Å². The van der Waals surface area contributed by atoms with Crippen LogP contribution in [0, 0.1) is 17.8 Å². The van der Waals surface area contributed by atoms with Gasteiger partial charge in [-0.15, -0.1) is 0 Å². The number of ether oxygens (including phenoxy) is 1. The molecule has 0 saturated heterocycles. The second kappa shape index (κ2) is 3.69. The molecule has 0 unspecified atom stereocenters. The summed E-state index contributed by atoms with van der Waals surface area (Å²) >= 11 is 0. The van der Waals surface area contributed by atoms with E-state index in [9.17, 15) is 4.79 Å². The molecule has 74 valence electrons. The molecular formula is C11H18O2. The highest BCUT2D eigenvalue weighted by molar-refractivity contribution is 5.73. The summed E-state index contributed by atoms with van der Waals surface area (Å²) in [5.74, 6) is 1.77. The van der Waals surface area contributed by atoms with Crippen LogP contribution >= 0.6 is 0 Å². The van der Waals surface area contributed by atoms with Crippen molar-refractivity contribution in [3.05, 3.63) is 0 Å². The molecule has 0 heterocycles. The van der Waals surface area contributed by atoms with E-state index in [0.717, 1.165) is 12.3 Å². The third kappa shape index (κ3) is 1.72. The summed E-state index contributed by atoms with van der Waals surface area (Å²) in [6, 6.07) is 0. The maximum absolute atomic E-state index is 11.6. The van der Waals surface area contributed by atoms with Crippen molar-refractivity contribution in [3.63, 3.8) is 0 Å². The highest BCUT2D eigenvalue weighted by atomic mass is 16.5. The van der Waals surface area contributed by atoms with Crippen LogP contribution in [-0.4, -0.2) is 12.6 Å². The van der Waals surface area contributed by atoms with Crippen LogP contribution in [0.3, 0.4) is 0 Å². The number of rotatable bonds is 2. The molecule has 0 radical (unpaired) electrons. The van der Waals surface area contributed by atoms with E-state index in [0.29, 0.717) is 12.5 Å². The summed E-state index contributed by atoms with van der Waals surface area (Å²) in [4.78, 5) is 11.6. The van der Waals surface area contributed by atoms with Gasteiger partial charge in [0.2, 0.25) is 0 Å². The predicted octanol–water partition coefficient (Wildman–Crippen LogP) is 2.38. The van der Waals surface area contributed by atoms with Crippen molar-refractivity contribution in [2.45, 2.75) is 39.0 Å². The third-order valence-corrected chi connectivity index (χ3v) is 3.64. The maximum Gasteiger partial charge on any atom is 0.309 e. The summed E-state index contributed by atoms with van der Waals surface area (Å²) in [6.45, 7) is 2.42. The standard InChI is InChI=1S/C11H18O2/c1-2-13-11(12)10-7-8-3-5-9(10)6-4-8/h8-10H,2-7H2,1H3/t8-,9+,10-/m1/s1. The number of carbonyl (C=O) groups is 1. The Hall–Kier alpha value is -0.530. The van der Waals surface area contributed by atoms with E-state index in [2.05, 4.69) is 0 Å². The van der Waals surface area contributed by atoms with Gasteiger partial charge in [-0.1, -0.05) is 12.8 Å². The van der Waals surface area contributed by atoms with Gasteiger partial charge in [0.05, 0.1) is 12.5 Å². The van der Waals surface area contributed by atoms with Gasteiger partial charge in [-0.25, -0.2) is 0 Å². The minimum Gasteiger partial charge on any atom is -0.466 e.